The summed E-state index contributed by atoms with van der Waals surface area (Å²) in [5.74, 6) is 0.827. The highest BCUT2D eigenvalue weighted by molar-refractivity contribution is 8.93. The molecule has 0 N–H and O–H groups in total. The molecule has 12 heavy (non-hydrogen) atoms. The normalized spacial score (nSPS) is 10.6. The smallest absolute Gasteiger partial charge is 0.0271 e. The van der Waals surface area contributed by atoms with Crippen molar-refractivity contribution in [1.82, 2.24) is 0 Å². The third-order valence-corrected chi connectivity index (χ3v) is 3.25. The Morgan fingerprint density at radius 3 is 2.25 bits per heavy atom. The van der Waals surface area contributed by atoms with Crippen LogP contribution in [0.1, 0.15) is 13.8 Å². The molecule has 0 fully saturated rings. The van der Waals surface area contributed by atoms with Crippen LogP contribution in [0, 0.1) is 5.92 Å². The molecule has 68 valence electrons. The van der Waals surface area contributed by atoms with Crippen LogP contribution < -0.4 is 5.30 Å². The average Bonchev–Trinajstić information content (AvgIpc) is 2.03. The van der Waals surface area contributed by atoms with E-state index in [4.69, 9.17) is 0 Å². The summed E-state index contributed by atoms with van der Waals surface area (Å²) in [6.07, 6.45) is 1.32. The minimum Gasteiger partial charge on any atom is -0.114 e. The average molecular weight is 247 g/mol. The maximum atomic E-state index is 2.27. The van der Waals surface area contributed by atoms with Gasteiger partial charge in [-0.3, -0.25) is 0 Å². The standard InChI is InChI=1S/C10H15P.BrH/c1-9(2)8-11-10-6-4-3-5-7-10;/h3-7,9,11H,8H2,1-2H3;1H. The third-order valence-electron chi connectivity index (χ3n) is 1.49. The third kappa shape index (κ3) is 4.90. The van der Waals surface area contributed by atoms with Crippen LogP contribution in [0.4, 0.5) is 0 Å². The quantitative estimate of drug-likeness (QED) is 0.719. The zero-order valence-corrected chi connectivity index (χ0v) is 10.3. The van der Waals surface area contributed by atoms with Crippen LogP contribution >= 0.6 is 25.6 Å². The second-order valence-corrected chi connectivity index (χ2v) is 4.48. The van der Waals surface area contributed by atoms with Gasteiger partial charge in [-0.1, -0.05) is 52.8 Å². The molecule has 0 amide bonds. The molecular weight excluding hydrogens is 231 g/mol. The molecule has 1 rings (SSSR count). The predicted molar refractivity (Wildman–Crippen MR) is 64.4 cm³/mol. The molecule has 0 radical (unpaired) electrons. The molecule has 1 unspecified atom stereocenters. The van der Waals surface area contributed by atoms with Crippen LogP contribution in [-0.2, 0) is 0 Å². The molecule has 1 aromatic carbocycles. The Labute approximate surface area is 87.3 Å². The second kappa shape index (κ2) is 6.62. The van der Waals surface area contributed by atoms with Crippen molar-refractivity contribution < 1.29 is 0 Å². The van der Waals surface area contributed by atoms with Gasteiger partial charge in [-0.2, -0.15) is 0 Å². The summed E-state index contributed by atoms with van der Waals surface area (Å²) in [7, 11) is 0.985. The lowest BCUT2D eigenvalue weighted by Gasteiger charge is -2.03. The lowest BCUT2D eigenvalue weighted by Crippen LogP contribution is -1.97. The van der Waals surface area contributed by atoms with Crippen LogP contribution in [0.5, 0.6) is 0 Å². The number of hydrogen-bond donors (Lipinski definition) is 0. The van der Waals surface area contributed by atoms with Gasteiger partial charge in [-0.05, 0) is 17.4 Å². The minimum absolute atomic E-state index is 0. The Morgan fingerprint density at radius 2 is 1.75 bits per heavy atom. The van der Waals surface area contributed by atoms with E-state index in [1.807, 2.05) is 0 Å². The van der Waals surface area contributed by atoms with E-state index in [-0.39, 0.29) is 17.0 Å². The first-order valence-electron chi connectivity index (χ1n) is 4.08. The van der Waals surface area contributed by atoms with Gasteiger partial charge in [0.05, 0.1) is 0 Å². The number of benzene rings is 1. The Hall–Kier alpha value is 0.130. The van der Waals surface area contributed by atoms with Gasteiger partial charge in [0.1, 0.15) is 0 Å². The first-order valence-corrected chi connectivity index (χ1v) is 5.28. The molecule has 0 saturated heterocycles. The Morgan fingerprint density at radius 1 is 1.17 bits per heavy atom. The second-order valence-electron chi connectivity index (χ2n) is 3.14. The van der Waals surface area contributed by atoms with Crippen LogP contribution in [0.25, 0.3) is 0 Å². The van der Waals surface area contributed by atoms with E-state index in [2.05, 4.69) is 44.2 Å². The summed E-state index contributed by atoms with van der Waals surface area (Å²) in [4.78, 5) is 0. The highest BCUT2D eigenvalue weighted by Gasteiger charge is 1.94. The molecule has 1 aromatic rings. The number of hydrogen-bond acceptors (Lipinski definition) is 0. The molecule has 0 aliphatic carbocycles. The van der Waals surface area contributed by atoms with Gasteiger partial charge in [0.25, 0.3) is 0 Å². The minimum atomic E-state index is 0. The van der Waals surface area contributed by atoms with E-state index in [1.165, 1.54) is 11.5 Å². The summed E-state index contributed by atoms with van der Waals surface area (Å²) in [5.41, 5.74) is 0. The highest BCUT2D eigenvalue weighted by Crippen LogP contribution is 2.13. The van der Waals surface area contributed by atoms with Crippen molar-refractivity contribution in [2.75, 3.05) is 6.16 Å². The fraction of sp³-hybridized carbons (Fsp3) is 0.400. The van der Waals surface area contributed by atoms with Gasteiger partial charge in [-0.15, -0.1) is 17.0 Å². The molecule has 0 aromatic heterocycles. The maximum Gasteiger partial charge on any atom is -0.0271 e. The molecule has 1 atom stereocenters. The van der Waals surface area contributed by atoms with Crippen LogP contribution in [-0.4, -0.2) is 6.16 Å². The summed E-state index contributed by atoms with van der Waals surface area (Å²) >= 11 is 0. The van der Waals surface area contributed by atoms with Crippen molar-refractivity contribution in [3.8, 4) is 0 Å². The Kier molecular flexibility index (Phi) is 6.70. The SMILES string of the molecule is Br.CC(C)CPc1ccccc1. The van der Waals surface area contributed by atoms with E-state index < -0.39 is 0 Å². The fourth-order valence-corrected chi connectivity index (χ4v) is 1.95. The lowest BCUT2D eigenvalue weighted by molar-refractivity contribution is 0.749. The fourth-order valence-electron chi connectivity index (χ4n) is 0.878. The van der Waals surface area contributed by atoms with Gasteiger partial charge < -0.3 is 0 Å². The van der Waals surface area contributed by atoms with Crippen molar-refractivity contribution in [2.24, 2.45) is 5.92 Å². The predicted octanol–water partition coefficient (Wildman–Crippen LogP) is 3.22. The molecule has 0 bridgehead atoms. The molecule has 0 aliphatic heterocycles. The zero-order valence-electron chi connectivity index (χ0n) is 7.58. The largest absolute Gasteiger partial charge is 0.114 e. The van der Waals surface area contributed by atoms with Gasteiger partial charge in [0.2, 0.25) is 0 Å². The molecule has 0 nitrogen and oxygen atoms in total. The van der Waals surface area contributed by atoms with Crippen molar-refractivity contribution in [3.63, 3.8) is 0 Å². The van der Waals surface area contributed by atoms with Crippen molar-refractivity contribution in [1.29, 1.82) is 0 Å². The summed E-state index contributed by atoms with van der Waals surface area (Å²) in [6.45, 7) is 4.55. The first kappa shape index (κ1) is 12.1. The Balaban J connectivity index is 0.00000121. The topological polar surface area (TPSA) is 0 Å². The van der Waals surface area contributed by atoms with E-state index in [9.17, 15) is 0 Å². The summed E-state index contributed by atoms with van der Waals surface area (Å²) in [5, 5.41) is 1.49. The highest BCUT2D eigenvalue weighted by atomic mass is 79.9. The lowest BCUT2D eigenvalue weighted by atomic mass is 10.3. The molecule has 0 aliphatic rings. The number of halogens is 1. The number of rotatable bonds is 3. The summed E-state index contributed by atoms with van der Waals surface area (Å²) < 4.78 is 0. The maximum absolute atomic E-state index is 2.27. The van der Waals surface area contributed by atoms with E-state index in [0.717, 1.165) is 14.5 Å². The molecule has 0 heterocycles. The monoisotopic (exact) mass is 246 g/mol. The van der Waals surface area contributed by atoms with Gasteiger partial charge in [-0.25, -0.2) is 0 Å². The molecule has 0 saturated carbocycles. The summed E-state index contributed by atoms with van der Waals surface area (Å²) in [6, 6.07) is 10.7. The van der Waals surface area contributed by atoms with Gasteiger partial charge in [0, 0.05) is 0 Å². The van der Waals surface area contributed by atoms with Gasteiger partial charge >= 0.3 is 0 Å². The van der Waals surface area contributed by atoms with E-state index in [1.54, 1.807) is 0 Å². The zero-order chi connectivity index (χ0) is 8.10. The molecule has 0 spiro atoms. The van der Waals surface area contributed by atoms with Crippen molar-refractivity contribution in [3.05, 3.63) is 30.3 Å². The molecular formula is C10H16BrP. The van der Waals surface area contributed by atoms with Crippen molar-refractivity contribution in [2.45, 2.75) is 13.8 Å². The first-order chi connectivity index (χ1) is 5.29. The Bertz CT molecular complexity index is 196. The molecule has 2 heteroatoms. The van der Waals surface area contributed by atoms with E-state index >= 15 is 0 Å². The van der Waals surface area contributed by atoms with E-state index in [0.29, 0.717) is 0 Å². The van der Waals surface area contributed by atoms with Crippen LogP contribution in [0.2, 0.25) is 0 Å². The van der Waals surface area contributed by atoms with Crippen LogP contribution in [0.3, 0.4) is 0 Å². The van der Waals surface area contributed by atoms with Crippen LogP contribution in [0.15, 0.2) is 30.3 Å². The van der Waals surface area contributed by atoms with Gasteiger partial charge in [0.15, 0.2) is 0 Å². The van der Waals surface area contributed by atoms with Crippen molar-refractivity contribution >= 4 is 30.9 Å².